The number of carbonyl (C=O) groups excluding carboxylic acids is 1. The Labute approximate surface area is 225 Å². The number of carbonyl (C=O) groups is 3. The highest BCUT2D eigenvalue weighted by atomic mass is 16.4. The first-order chi connectivity index (χ1) is 17.8. The molecule has 7 nitrogen and oxygen atoms in total. The van der Waals surface area contributed by atoms with Crippen LogP contribution < -0.4 is 5.11 Å². The molecule has 0 bridgehead atoms. The van der Waals surface area contributed by atoms with Crippen LogP contribution in [-0.2, 0) is 14.4 Å². The molecule has 2 N–H and O–H groups in total. The van der Waals surface area contributed by atoms with Gasteiger partial charge in [-0.25, -0.2) is 0 Å². The molecule has 0 amide bonds. The monoisotopic (exact) mass is 525 g/mol. The first-order valence-electron chi connectivity index (χ1n) is 14.9. The molecular weight excluding hydrogens is 470 g/mol. The average molecular weight is 526 g/mol. The molecule has 0 aromatic rings. The predicted octanol–water partition coefficient (Wildman–Crippen LogP) is 6.10. The fourth-order valence-electron chi connectivity index (χ4n) is 5.00. The normalized spacial score (nSPS) is 11.8. The largest absolute Gasteiger partial charge is 0.550 e. The Morgan fingerprint density at radius 3 is 1.35 bits per heavy atom. The lowest BCUT2D eigenvalue weighted by Crippen LogP contribution is -2.51. The lowest BCUT2D eigenvalue weighted by Gasteiger charge is -2.39. The lowest BCUT2D eigenvalue weighted by molar-refractivity contribution is -0.929. The Balaban J connectivity index is 4.64. The number of rotatable bonds is 28. The standard InChI is InChI=1S/C30H55NO6/c1-2-3-4-5-6-7-8-9-10-11-12-13-17-24-31(25-18-14-21-28(32)33,26-19-15-22-29(34)35)27-20-16-23-30(36)37/h8-9H,2-7,10-27H2,1H3,(H2-,32,33,34,35,36,37)/b9-8+. The van der Waals surface area contributed by atoms with Gasteiger partial charge in [0, 0.05) is 18.8 Å². The third-order valence-corrected chi connectivity index (χ3v) is 7.20. The molecule has 7 heteroatoms. The minimum Gasteiger partial charge on any atom is -0.550 e. The third kappa shape index (κ3) is 24.2. The van der Waals surface area contributed by atoms with Crippen LogP contribution in [0.1, 0.15) is 135 Å². The van der Waals surface area contributed by atoms with Crippen LogP contribution in [0.15, 0.2) is 12.2 Å². The summed E-state index contributed by atoms with van der Waals surface area (Å²) in [4.78, 5) is 32.8. The zero-order chi connectivity index (χ0) is 27.6. The number of carboxylic acids is 3. The Morgan fingerprint density at radius 1 is 0.568 bits per heavy atom. The van der Waals surface area contributed by atoms with Crippen molar-refractivity contribution in [1.82, 2.24) is 0 Å². The molecule has 0 aliphatic heterocycles. The van der Waals surface area contributed by atoms with Crippen molar-refractivity contribution >= 4 is 17.9 Å². The SMILES string of the molecule is CCCCCCC/C=C/CCCCCC[N+](CCCCC(=O)[O-])(CCCCC(=O)O)CCCCC(=O)O. The molecule has 216 valence electrons. The van der Waals surface area contributed by atoms with Crippen molar-refractivity contribution in [2.45, 2.75) is 135 Å². The topological polar surface area (TPSA) is 115 Å². The molecule has 0 radical (unpaired) electrons. The van der Waals surface area contributed by atoms with Gasteiger partial charge in [0.25, 0.3) is 0 Å². The number of quaternary nitrogens is 1. The summed E-state index contributed by atoms with van der Waals surface area (Å²) in [7, 11) is 0. The first kappa shape index (κ1) is 35.1. The highest BCUT2D eigenvalue weighted by Gasteiger charge is 2.26. The summed E-state index contributed by atoms with van der Waals surface area (Å²) in [6.45, 7) is 5.82. The van der Waals surface area contributed by atoms with Gasteiger partial charge in [-0.2, -0.15) is 0 Å². The van der Waals surface area contributed by atoms with E-state index in [1.54, 1.807) is 0 Å². The molecule has 0 heterocycles. The maximum Gasteiger partial charge on any atom is 0.303 e. The average Bonchev–Trinajstić information content (AvgIpc) is 2.84. The summed E-state index contributed by atoms with van der Waals surface area (Å²) in [5.74, 6) is -2.58. The van der Waals surface area contributed by atoms with E-state index < -0.39 is 17.9 Å². The molecule has 0 atom stereocenters. The summed E-state index contributed by atoms with van der Waals surface area (Å²) in [6, 6.07) is 0. The van der Waals surface area contributed by atoms with Crippen molar-refractivity contribution in [3.05, 3.63) is 12.2 Å². The number of aliphatic carboxylic acids is 3. The summed E-state index contributed by atoms with van der Waals surface area (Å²) in [5, 5.41) is 28.9. The zero-order valence-electron chi connectivity index (χ0n) is 23.6. The number of carboxylic acid groups (broad SMARTS) is 3. The minimum absolute atomic E-state index is 0.0598. The van der Waals surface area contributed by atoms with Crippen LogP contribution in [0, 0.1) is 0 Å². The van der Waals surface area contributed by atoms with Crippen LogP contribution in [0.2, 0.25) is 0 Å². The lowest BCUT2D eigenvalue weighted by atomic mass is 10.1. The quantitative estimate of drug-likeness (QED) is 0.0724. The molecule has 0 unspecified atom stereocenters. The van der Waals surface area contributed by atoms with E-state index >= 15 is 0 Å². The Hall–Kier alpha value is -1.89. The Bertz CT molecular complexity index is 564. The molecule has 0 rings (SSSR count). The van der Waals surface area contributed by atoms with E-state index in [2.05, 4.69) is 19.1 Å². The van der Waals surface area contributed by atoms with E-state index in [1.807, 2.05) is 0 Å². The van der Waals surface area contributed by atoms with Crippen molar-refractivity contribution < 1.29 is 34.2 Å². The number of nitrogens with zero attached hydrogens (tertiary/aromatic N) is 1. The fourth-order valence-corrected chi connectivity index (χ4v) is 5.00. The summed E-state index contributed by atoms with van der Waals surface area (Å²) < 4.78 is 0.838. The fraction of sp³-hybridized carbons (Fsp3) is 0.833. The molecule has 0 fully saturated rings. The van der Waals surface area contributed by atoms with Gasteiger partial charge in [-0.1, -0.05) is 51.2 Å². The zero-order valence-corrected chi connectivity index (χ0v) is 23.6. The third-order valence-electron chi connectivity index (χ3n) is 7.20. The van der Waals surface area contributed by atoms with Gasteiger partial charge in [-0.05, 0) is 83.5 Å². The van der Waals surface area contributed by atoms with Crippen LogP contribution in [0.25, 0.3) is 0 Å². The summed E-state index contributed by atoms with van der Waals surface area (Å²) in [6.07, 6.45) is 22.8. The molecule has 0 spiro atoms. The van der Waals surface area contributed by atoms with Crippen molar-refractivity contribution in [2.24, 2.45) is 0 Å². The smallest absolute Gasteiger partial charge is 0.303 e. The summed E-state index contributed by atoms with van der Waals surface area (Å²) in [5.41, 5.74) is 0. The first-order valence-corrected chi connectivity index (χ1v) is 14.9. The van der Waals surface area contributed by atoms with Crippen molar-refractivity contribution in [3.8, 4) is 0 Å². The minimum atomic E-state index is -1.02. The van der Waals surface area contributed by atoms with Crippen molar-refractivity contribution in [1.29, 1.82) is 0 Å². The summed E-state index contributed by atoms with van der Waals surface area (Å²) >= 11 is 0. The Morgan fingerprint density at radius 2 is 0.946 bits per heavy atom. The Kier molecular flexibility index (Phi) is 23.2. The highest BCUT2D eigenvalue weighted by Crippen LogP contribution is 2.19. The van der Waals surface area contributed by atoms with E-state index in [-0.39, 0.29) is 19.3 Å². The number of hydrogen-bond acceptors (Lipinski definition) is 4. The molecule has 0 aromatic carbocycles. The number of allylic oxidation sites excluding steroid dienone is 2. The van der Waals surface area contributed by atoms with Gasteiger partial charge in [-0.3, -0.25) is 9.59 Å². The van der Waals surface area contributed by atoms with Crippen LogP contribution in [-0.4, -0.2) is 58.8 Å². The molecule has 37 heavy (non-hydrogen) atoms. The van der Waals surface area contributed by atoms with Gasteiger partial charge in [0.05, 0.1) is 26.2 Å². The molecule has 0 saturated carbocycles. The molecule has 0 aliphatic carbocycles. The van der Waals surface area contributed by atoms with Gasteiger partial charge in [-0.15, -0.1) is 0 Å². The van der Waals surface area contributed by atoms with E-state index in [1.165, 1.54) is 51.4 Å². The van der Waals surface area contributed by atoms with Crippen LogP contribution in [0.3, 0.4) is 0 Å². The molecule has 0 saturated heterocycles. The highest BCUT2D eigenvalue weighted by molar-refractivity contribution is 5.66. The van der Waals surface area contributed by atoms with Crippen molar-refractivity contribution in [3.63, 3.8) is 0 Å². The van der Waals surface area contributed by atoms with Crippen LogP contribution >= 0.6 is 0 Å². The maximum absolute atomic E-state index is 11.0. The van der Waals surface area contributed by atoms with Gasteiger partial charge in [0.2, 0.25) is 0 Å². The van der Waals surface area contributed by atoms with Gasteiger partial charge < -0.3 is 24.6 Å². The van der Waals surface area contributed by atoms with Crippen LogP contribution in [0.5, 0.6) is 0 Å². The second kappa shape index (κ2) is 24.4. The second-order valence-electron chi connectivity index (χ2n) is 10.6. The molecular formula is C30H55NO6. The predicted molar refractivity (Wildman–Crippen MR) is 147 cm³/mol. The van der Waals surface area contributed by atoms with E-state index in [0.29, 0.717) is 19.3 Å². The number of unbranched alkanes of at least 4 members (excludes halogenated alkanes) is 12. The van der Waals surface area contributed by atoms with Gasteiger partial charge in [0.1, 0.15) is 0 Å². The molecule has 0 aromatic heterocycles. The maximum atomic E-state index is 11.0. The number of hydrogen-bond donors (Lipinski definition) is 2. The van der Waals surface area contributed by atoms with Gasteiger partial charge >= 0.3 is 11.9 Å². The van der Waals surface area contributed by atoms with Gasteiger partial charge in [0.15, 0.2) is 0 Å². The van der Waals surface area contributed by atoms with Crippen molar-refractivity contribution in [2.75, 3.05) is 26.2 Å². The van der Waals surface area contributed by atoms with Crippen LogP contribution in [0.4, 0.5) is 0 Å². The van der Waals surface area contributed by atoms with E-state index in [9.17, 15) is 19.5 Å². The van der Waals surface area contributed by atoms with E-state index in [0.717, 1.165) is 69.2 Å². The second-order valence-corrected chi connectivity index (χ2v) is 10.6. The van der Waals surface area contributed by atoms with E-state index in [4.69, 9.17) is 10.2 Å². The molecule has 0 aliphatic rings.